The molecular weight excluding hydrogens is 392 g/mol. The van der Waals surface area contributed by atoms with E-state index in [4.69, 9.17) is 4.74 Å². The van der Waals surface area contributed by atoms with Crippen molar-refractivity contribution in [1.29, 1.82) is 0 Å². The number of ether oxygens (including phenoxy) is 1. The average molecular weight is 409 g/mol. The Morgan fingerprint density at radius 1 is 1.33 bits per heavy atom. The molecule has 0 aliphatic heterocycles. The lowest BCUT2D eigenvalue weighted by molar-refractivity contribution is 0.308. The van der Waals surface area contributed by atoms with Crippen molar-refractivity contribution >= 4 is 32.2 Å². The highest BCUT2D eigenvalue weighted by molar-refractivity contribution is 9.10. The van der Waals surface area contributed by atoms with Gasteiger partial charge in [0.05, 0.1) is 13.7 Å². The van der Waals surface area contributed by atoms with Gasteiger partial charge in [-0.2, -0.15) is 9.61 Å². The standard InChI is InChI=1S/C16H17BrN4O2S/c1-10-6-15(22)21-16(18-10)24-14(19-21)9-20(2)8-11-7-12(17)4-5-13(11)23-3/h4-7H,8-9H2,1-3H3. The molecule has 0 saturated carbocycles. The zero-order valence-electron chi connectivity index (χ0n) is 13.6. The molecule has 8 heteroatoms. The summed E-state index contributed by atoms with van der Waals surface area (Å²) in [5, 5.41) is 5.22. The molecule has 1 aromatic carbocycles. The first-order valence-corrected chi connectivity index (χ1v) is 8.94. The summed E-state index contributed by atoms with van der Waals surface area (Å²) in [4.78, 5) is 19.1. The fourth-order valence-electron chi connectivity index (χ4n) is 2.47. The van der Waals surface area contributed by atoms with Gasteiger partial charge in [-0.1, -0.05) is 27.3 Å². The van der Waals surface area contributed by atoms with Crippen molar-refractivity contribution in [3.05, 3.63) is 55.4 Å². The zero-order chi connectivity index (χ0) is 17.3. The van der Waals surface area contributed by atoms with Gasteiger partial charge in [0.15, 0.2) is 0 Å². The molecule has 3 rings (SSSR count). The predicted octanol–water partition coefficient (Wildman–Crippen LogP) is 2.86. The number of aromatic nitrogens is 3. The largest absolute Gasteiger partial charge is 0.496 e. The van der Waals surface area contributed by atoms with Crippen LogP contribution in [0.3, 0.4) is 0 Å². The second-order valence-corrected chi connectivity index (χ2v) is 7.51. The minimum absolute atomic E-state index is 0.142. The lowest BCUT2D eigenvalue weighted by Gasteiger charge is -2.17. The number of rotatable bonds is 5. The summed E-state index contributed by atoms with van der Waals surface area (Å²) < 4.78 is 7.79. The number of hydrogen-bond acceptors (Lipinski definition) is 6. The van der Waals surface area contributed by atoms with Crippen LogP contribution in [-0.2, 0) is 13.1 Å². The third-order valence-electron chi connectivity index (χ3n) is 3.50. The van der Waals surface area contributed by atoms with E-state index in [0.717, 1.165) is 20.8 Å². The summed E-state index contributed by atoms with van der Waals surface area (Å²) >= 11 is 4.93. The first-order valence-electron chi connectivity index (χ1n) is 7.33. The molecule has 3 aromatic rings. The van der Waals surface area contributed by atoms with Crippen LogP contribution in [0, 0.1) is 6.92 Å². The monoisotopic (exact) mass is 408 g/mol. The molecule has 0 N–H and O–H groups in total. The molecule has 2 aromatic heterocycles. The normalized spacial score (nSPS) is 11.4. The van der Waals surface area contributed by atoms with Crippen LogP contribution in [0.2, 0.25) is 0 Å². The van der Waals surface area contributed by atoms with Crippen LogP contribution in [0.25, 0.3) is 4.96 Å². The number of benzene rings is 1. The molecule has 0 spiro atoms. The van der Waals surface area contributed by atoms with Gasteiger partial charge >= 0.3 is 0 Å². The molecule has 0 aliphatic rings. The van der Waals surface area contributed by atoms with Gasteiger partial charge in [-0.25, -0.2) is 4.98 Å². The Hall–Kier alpha value is -1.77. The van der Waals surface area contributed by atoms with E-state index < -0.39 is 0 Å². The second-order valence-electron chi connectivity index (χ2n) is 5.55. The van der Waals surface area contributed by atoms with E-state index >= 15 is 0 Å². The van der Waals surface area contributed by atoms with Gasteiger partial charge in [0.1, 0.15) is 10.8 Å². The molecule has 0 aliphatic carbocycles. The van der Waals surface area contributed by atoms with Crippen LogP contribution in [0.1, 0.15) is 16.3 Å². The Kier molecular flexibility index (Phi) is 4.98. The van der Waals surface area contributed by atoms with Gasteiger partial charge in [0.2, 0.25) is 4.96 Å². The van der Waals surface area contributed by atoms with E-state index in [2.05, 4.69) is 30.9 Å². The lowest BCUT2D eigenvalue weighted by atomic mass is 10.2. The number of hydrogen-bond donors (Lipinski definition) is 0. The zero-order valence-corrected chi connectivity index (χ0v) is 16.0. The van der Waals surface area contributed by atoms with Crippen LogP contribution >= 0.6 is 27.3 Å². The van der Waals surface area contributed by atoms with Crippen molar-refractivity contribution in [2.45, 2.75) is 20.0 Å². The molecule has 0 radical (unpaired) electrons. The lowest BCUT2D eigenvalue weighted by Crippen LogP contribution is -2.19. The molecule has 0 bridgehead atoms. The average Bonchev–Trinajstić information content (AvgIpc) is 2.90. The Bertz CT molecular complexity index is 937. The highest BCUT2D eigenvalue weighted by Gasteiger charge is 2.12. The Morgan fingerprint density at radius 2 is 2.12 bits per heavy atom. The third kappa shape index (κ3) is 3.66. The van der Waals surface area contributed by atoms with Gasteiger partial charge < -0.3 is 4.74 Å². The number of methoxy groups -OCH3 is 1. The molecule has 0 unspecified atom stereocenters. The molecule has 24 heavy (non-hydrogen) atoms. The summed E-state index contributed by atoms with van der Waals surface area (Å²) in [6.45, 7) is 3.15. The van der Waals surface area contributed by atoms with E-state index in [1.165, 1.54) is 21.9 Å². The minimum Gasteiger partial charge on any atom is -0.496 e. The first kappa shape index (κ1) is 17.1. The molecule has 2 heterocycles. The quantitative estimate of drug-likeness (QED) is 0.649. The maximum Gasteiger partial charge on any atom is 0.275 e. The van der Waals surface area contributed by atoms with Gasteiger partial charge in [-0.05, 0) is 32.2 Å². The molecule has 0 fully saturated rings. The number of aryl methyl sites for hydroxylation is 1. The highest BCUT2D eigenvalue weighted by Crippen LogP contribution is 2.24. The van der Waals surface area contributed by atoms with Crippen LogP contribution in [-0.4, -0.2) is 33.7 Å². The van der Waals surface area contributed by atoms with Gasteiger partial charge in [-0.3, -0.25) is 9.69 Å². The SMILES string of the molecule is COc1ccc(Br)cc1CN(C)Cc1nn2c(=O)cc(C)nc2s1. The van der Waals surface area contributed by atoms with E-state index in [9.17, 15) is 4.79 Å². The maximum absolute atomic E-state index is 11.9. The van der Waals surface area contributed by atoms with E-state index in [1.54, 1.807) is 7.11 Å². The van der Waals surface area contributed by atoms with Crippen molar-refractivity contribution in [1.82, 2.24) is 19.5 Å². The van der Waals surface area contributed by atoms with Crippen molar-refractivity contribution in [3.8, 4) is 5.75 Å². The van der Waals surface area contributed by atoms with Crippen LogP contribution in [0.15, 0.2) is 33.5 Å². The van der Waals surface area contributed by atoms with E-state index in [0.29, 0.717) is 23.7 Å². The molecule has 0 atom stereocenters. The van der Waals surface area contributed by atoms with Crippen molar-refractivity contribution in [2.24, 2.45) is 0 Å². The summed E-state index contributed by atoms with van der Waals surface area (Å²) in [5.41, 5.74) is 1.65. The number of fused-ring (bicyclic) bond motifs is 1. The van der Waals surface area contributed by atoms with Crippen molar-refractivity contribution < 1.29 is 4.74 Å². The predicted molar refractivity (Wildman–Crippen MR) is 97.7 cm³/mol. The minimum atomic E-state index is -0.142. The first-order chi connectivity index (χ1) is 11.5. The number of halogens is 1. The smallest absolute Gasteiger partial charge is 0.275 e. The Labute approximate surface area is 151 Å². The van der Waals surface area contributed by atoms with Crippen molar-refractivity contribution in [3.63, 3.8) is 0 Å². The Morgan fingerprint density at radius 3 is 2.88 bits per heavy atom. The summed E-state index contributed by atoms with van der Waals surface area (Å²) in [5.74, 6) is 0.850. The summed E-state index contributed by atoms with van der Waals surface area (Å²) in [6, 6.07) is 7.43. The maximum atomic E-state index is 11.9. The van der Waals surface area contributed by atoms with Crippen LogP contribution in [0.4, 0.5) is 0 Å². The van der Waals surface area contributed by atoms with Gasteiger partial charge in [0, 0.05) is 28.3 Å². The van der Waals surface area contributed by atoms with Gasteiger partial charge in [0.25, 0.3) is 5.56 Å². The summed E-state index contributed by atoms with van der Waals surface area (Å²) in [7, 11) is 3.68. The molecular formula is C16H17BrN4O2S. The highest BCUT2D eigenvalue weighted by atomic mass is 79.9. The van der Waals surface area contributed by atoms with Crippen molar-refractivity contribution in [2.75, 3.05) is 14.2 Å². The van der Waals surface area contributed by atoms with E-state index in [-0.39, 0.29) is 5.56 Å². The summed E-state index contributed by atoms with van der Waals surface area (Å²) in [6.07, 6.45) is 0. The molecule has 0 saturated heterocycles. The van der Waals surface area contributed by atoms with Gasteiger partial charge in [-0.15, -0.1) is 0 Å². The fourth-order valence-corrected chi connectivity index (χ4v) is 3.91. The topological polar surface area (TPSA) is 59.7 Å². The number of nitrogens with zero attached hydrogens (tertiary/aromatic N) is 4. The van der Waals surface area contributed by atoms with Crippen LogP contribution < -0.4 is 10.3 Å². The third-order valence-corrected chi connectivity index (χ3v) is 4.89. The molecule has 126 valence electrons. The molecule has 0 amide bonds. The second kappa shape index (κ2) is 7.00. The molecule has 6 nitrogen and oxygen atoms in total. The van der Waals surface area contributed by atoms with Crippen LogP contribution in [0.5, 0.6) is 5.75 Å². The fraction of sp³-hybridized carbons (Fsp3) is 0.312. The van der Waals surface area contributed by atoms with E-state index in [1.807, 2.05) is 32.2 Å². The Balaban J connectivity index is 1.80.